The summed E-state index contributed by atoms with van der Waals surface area (Å²) in [5, 5.41) is 8.66. The van der Waals surface area contributed by atoms with Crippen molar-refractivity contribution in [1.82, 2.24) is 0 Å². The standard InChI is InChI=1S/C10H20O/c1-9(8-11)6-5-7-10(2,3)4/h11H,1,5-8H2,2-4H3. The Kier molecular flexibility index (Phi) is 4.43. The molecule has 1 nitrogen and oxygen atoms in total. The highest BCUT2D eigenvalue weighted by molar-refractivity contribution is 4.93. The third-order valence-corrected chi connectivity index (χ3v) is 1.68. The highest BCUT2D eigenvalue weighted by Crippen LogP contribution is 2.22. The Balaban J connectivity index is 3.35. The van der Waals surface area contributed by atoms with E-state index < -0.39 is 0 Å². The van der Waals surface area contributed by atoms with Gasteiger partial charge in [-0.25, -0.2) is 0 Å². The fourth-order valence-corrected chi connectivity index (χ4v) is 0.948. The van der Waals surface area contributed by atoms with Crippen molar-refractivity contribution in [2.45, 2.75) is 40.0 Å². The van der Waals surface area contributed by atoms with E-state index in [4.69, 9.17) is 5.11 Å². The lowest BCUT2D eigenvalue weighted by Crippen LogP contribution is -2.04. The van der Waals surface area contributed by atoms with Gasteiger partial charge in [0.15, 0.2) is 0 Å². The molecule has 1 N–H and O–H groups in total. The van der Waals surface area contributed by atoms with Crippen molar-refractivity contribution in [3.8, 4) is 0 Å². The van der Waals surface area contributed by atoms with Gasteiger partial charge in [-0.15, -0.1) is 0 Å². The van der Waals surface area contributed by atoms with Crippen LogP contribution in [0.3, 0.4) is 0 Å². The maximum Gasteiger partial charge on any atom is 0.0639 e. The van der Waals surface area contributed by atoms with E-state index in [0.29, 0.717) is 5.41 Å². The van der Waals surface area contributed by atoms with Gasteiger partial charge >= 0.3 is 0 Å². The molecule has 0 spiro atoms. The number of hydrogen-bond donors (Lipinski definition) is 1. The number of aliphatic hydroxyl groups excluding tert-OH is 1. The zero-order valence-electron chi connectivity index (χ0n) is 7.98. The van der Waals surface area contributed by atoms with Gasteiger partial charge in [-0.1, -0.05) is 32.9 Å². The number of aliphatic hydroxyl groups is 1. The van der Waals surface area contributed by atoms with E-state index in [0.717, 1.165) is 18.4 Å². The molecule has 0 aromatic heterocycles. The van der Waals surface area contributed by atoms with Gasteiger partial charge in [0.1, 0.15) is 0 Å². The van der Waals surface area contributed by atoms with Gasteiger partial charge in [-0.2, -0.15) is 0 Å². The summed E-state index contributed by atoms with van der Waals surface area (Å²) in [7, 11) is 0. The summed E-state index contributed by atoms with van der Waals surface area (Å²) in [6.45, 7) is 10.6. The van der Waals surface area contributed by atoms with E-state index in [1.807, 2.05) is 0 Å². The quantitative estimate of drug-likeness (QED) is 0.620. The van der Waals surface area contributed by atoms with Gasteiger partial charge in [0.05, 0.1) is 6.61 Å². The molecule has 0 atom stereocenters. The average molecular weight is 156 g/mol. The van der Waals surface area contributed by atoms with Crippen molar-refractivity contribution in [3.05, 3.63) is 12.2 Å². The molecule has 0 rings (SSSR count). The first-order valence-corrected chi connectivity index (χ1v) is 4.23. The average Bonchev–Trinajstić information content (AvgIpc) is 1.85. The Morgan fingerprint density at radius 1 is 1.36 bits per heavy atom. The van der Waals surface area contributed by atoms with Crippen molar-refractivity contribution in [1.29, 1.82) is 0 Å². The molecule has 0 unspecified atom stereocenters. The topological polar surface area (TPSA) is 20.2 Å². The van der Waals surface area contributed by atoms with Gasteiger partial charge < -0.3 is 5.11 Å². The summed E-state index contributed by atoms with van der Waals surface area (Å²) in [5.41, 5.74) is 1.37. The Hall–Kier alpha value is -0.300. The van der Waals surface area contributed by atoms with Gasteiger partial charge in [0.2, 0.25) is 0 Å². The molecule has 0 aliphatic carbocycles. The highest BCUT2D eigenvalue weighted by atomic mass is 16.3. The number of rotatable bonds is 4. The van der Waals surface area contributed by atoms with Gasteiger partial charge in [0, 0.05) is 0 Å². The van der Waals surface area contributed by atoms with Gasteiger partial charge in [-0.05, 0) is 24.7 Å². The predicted molar refractivity (Wildman–Crippen MR) is 49.5 cm³/mol. The van der Waals surface area contributed by atoms with Gasteiger partial charge in [-0.3, -0.25) is 0 Å². The monoisotopic (exact) mass is 156 g/mol. The molecular formula is C10H20O. The first-order chi connectivity index (χ1) is 4.95. The normalized spacial score (nSPS) is 11.6. The second kappa shape index (κ2) is 4.55. The Bertz CT molecular complexity index is 119. The van der Waals surface area contributed by atoms with E-state index in [-0.39, 0.29) is 6.61 Å². The second-order valence-corrected chi connectivity index (χ2v) is 4.32. The molecule has 0 amide bonds. The van der Waals surface area contributed by atoms with Crippen LogP contribution in [-0.2, 0) is 0 Å². The predicted octanol–water partition coefficient (Wildman–Crippen LogP) is 2.75. The summed E-state index contributed by atoms with van der Waals surface area (Å²) < 4.78 is 0. The van der Waals surface area contributed by atoms with Gasteiger partial charge in [0.25, 0.3) is 0 Å². The molecule has 11 heavy (non-hydrogen) atoms. The molecule has 0 bridgehead atoms. The first-order valence-electron chi connectivity index (χ1n) is 4.23. The Labute approximate surface area is 70.1 Å². The van der Waals surface area contributed by atoms with Crippen molar-refractivity contribution < 1.29 is 5.11 Å². The third-order valence-electron chi connectivity index (χ3n) is 1.68. The number of hydrogen-bond acceptors (Lipinski definition) is 1. The minimum absolute atomic E-state index is 0.143. The fourth-order valence-electron chi connectivity index (χ4n) is 0.948. The van der Waals surface area contributed by atoms with Crippen LogP contribution in [0.15, 0.2) is 12.2 Å². The van der Waals surface area contributed by atoms with Crippen LogP contribution in [0.25, 0.3) is 0 Å². The van der Waals surface area contributed by atoms with Crippen molar-refractivity contribution in [2.24, 2.45) is 5.41 Å². The van der Waals surface area contributed by atoms with E-state index in [1.54, 1.807) is 0 Å². The van der Waals surface area contributed by atoms with Crippen molar-refractivity contribution in [3.63, 3.8) is 0 Å². The molecule has 0 radical (unpaired) electrons. The lowest BCUT2D eigenvalue weighted by atomic mass is 9.89. The maximum atomic E-state index is 8.66. The molecule has 66 valence electrons. The van der Waals surface area contributed by atoms with Crippen LogP contribution in [0.4, 0.5) is 0 Å². The van der Waals surface area contributed by atoms with Crippen LogP contribution in [0, 0.1) is 5.41 Å². The molecule has 0 fully saturated rings. The zero-order chi connectivity index (χ0) is 8.91. The summed E-state index contributed by atoms with van der Waals surface area (Å²) in [4.78, 5) is 0. The van der Waals surface area contributed by atoms with E-state index in [9.17, 15) is 0 Å². The summed E-state index contributed by atoms with van der Waals surface area (Å²) >= 11 is 0. The molecular weight excluding hydrogens is 136 g/mol. The molecule has 0 aromatic carbocycles. The molecule has 0 aliphatic rings. The molecule has 0 heterocycles. The maximum absolute atomic E-state index is 8.66. The largest absolute Gasteiger partial charge is 0.392 e. The van der Waals surface area contributed by atoms with E-state index in [2.05, 4.69) is 27.4 Å². The lowest BCUT2D eigenvalue weighted by Gasteiger charge is -2.17. The van der Waals surface area contributed by atoms with Crippen LogP contribution in [0.1, 0.15) is 40.0 Å². The summed E-state index contributed by atoms with van der Waals surface area (Å²) in [6, 6.07) is 0. The van der Waals surface area contributed by atoms with Crippen molar-refractivity contribution in [2.75, 3.05) is 6.61 Å². The Morgan fingerprint density at radius 2 is 1.91 bits per heavy atom. The summed E-state index contributed by atoms with van der Waals surface area (Å²) in [6.07, 6.45) is 3.31. The van der Waals surface area contributed by atoms with Crippen LogP contribution in [0.5, 0.6) is 0 Å². The molecule has 0 saturated carbocycles. The molecule has 0 saturated heterocycles. The van der Waals surface area contributed by atoms with E-state index in [1.165, 1.54) is 6.42 Å². The minimum atomic E-state index is 0.143. The van der Waals surface area contributed by atoms with Crippen LogP contribution in [-0.4, -0.2) is 11.7 Å². The highest BCUT2D eigenvalue weighted by Gasteiger charge is 2.08. The van der Waals surface area contributed by atoms with Crippen LogP contribution >= 0.6 is 0 Å². The smallest absolute Gasteiger partial charge is 0.0639 e. The van der Waals surface area contributed by atoms with E-state index >= 15 is 0 Å². The second-order valence-electron chi connectivity index (χ2n) is 4.32. The first kappa shape index (κ1) is 10.7. The molecule has 1 heteroatoms. The SMILES string of the molecule is C=C(CO)CCCC(C)(C)C. The van der Waals surface area contributed by atoms with Crippen LogP contribution in [0.2, 0.25) is 0 Å². The summed E-state index contributed by atoms with van der Waals surface area (Å²) in [5.74, 6) is 0. The Morgan fingerprint density at radius 3 is 2.27 bits per heavy atom. The molecule has 0 aromatic rings. The minimum Gasteiger partial charge on any atom is -0.392 e. The zero-order valence-corrected chi connectivity index (χ0v) is 7.98. The fraction of sp³-hybridized carbons (Fsp3) is 0.800. The third kappa shape index (κ3) is 7.60. The van der Waals surface area contributed by atoms with Crippen LogP contribution < -0.4 is 0 Å². The van der Waals surface area contributed by atoms with Crippen molar-refractivity contribution >= 4 is 0 Å². The lowest BCUT2D eigenvalue weighted by molar-refractivity contribution is 0.318. The molecule has 0 aliphatic heterocycles.